The largest absolute Gasteiger partial charge is 0.355 e. The average Bonchev–Trinajstić information content (AvgIpc) is 3.18. The van der Waals surface area contributed by atoms with E-state index in [1.165, 1.54) is 35.0 Å². The number of rotatable bonds is 2. The first-order valence-electron chi connectivity index (χ1n) is 9.47. The van der Waals surface area contributed by atoms with Crippen molar-refractivity contribution in [3.8, 4) is 0 Å². The van der Waals surface area contributed by atoms with Crippen LogP contribution in [0.25, 0.3) is 16.6 Å². The molecular weight excluding hydrogens is 318 g/mol. The quantitative estimate of drug-likeness (QED) is 0.501. The van der Waals surface area contributed by atoms with E-state index in [4.69, 9.17) is 4.98 Å². The molecule has 26 heavy (non-hydrogen) atoms. The number of nitrogens with zero attached hydrogens (tertiary/aromatic N) is 3. The van der Waals surface area contributed by atoms with Crippen LogP contribution in [0.1, 0.15) is 29.9 Å². The molecule has 4 aromatic rings. The van der Waals surface area contributed by atoms with Crippen molar-refractivity contribution >= 4 is 22.4 Å². The summed E-state index contributed by atoms with van der Waals surface area (Å²) >= 11 is 0. The van der Waals surface area contributed by atoms with E-state index in [1.807, 2.05) is 0 Å². The SMILES string of the molecule is Cc1ccc2c(c1)nc(N1CCC(c3ccccc3)CC1)c1cccn12. The monoisotopic (exact) mass is 341 g/mol. The number of aryl methyl sites for hydroxylation is 1. The molecule has 2 aromatic heterocycles. The van der Waals surface area contributed by atoms with Crippen molar-refractivity contribution in [3.05, 3.63) is 78.0 Å². The van der Waals surface area contributed by atoms with Crippen LogP contribution in [0.4, 0.5) is 5.82 Å². The van der Waals surface area contributed by atoms with Gasteiger partial charge in [0.25, 0.3) is 0 Å². The van der Waals surface area contributed by atoms with Crippen LogP contribution in [0, 0.1) is 6.92 Å². The third-order valence-electron chi connectivity index (χ3n) is 5.66. The molecule has 0 aliphatic carbocycles. The van der Waals surface area contributed by atoms with E-state index in [9.17, 15) is 0 Å². The molecule has 1 aliphatic rings. The van der Waals surface area contributed by atoms with E-state index >= 15 is 0 Å². The molecule has 1 fully saturated rings. The first-order valence-corrected chi connectivity index (χ1v) is 9.47. The Morgan fingerprint density at radius 1 is 0.885 bits per heavy atom. The van der Waals surface area contributed by atoms with Crippen molar-refractivity contribution in [3.63, 3.8) is 0 Å². The standard InChI is InChI=1S/C23H23N3/c1-17-9-10-21-20(16-17)24-23(22-8-5-13-26(21)22)25-14-11-19(12-15-25)18-6-3-2-4-7-18/h2-10,13,16,19H,11-12,14-15H2,1H3. The Morgan fingerprint density at radius 2 is 1.69 bits per heavy atom. The summed E-state index contributed by atoms with van der Waals surface area (Å²) in [6.45, 7) is 4.25. The fourth-order valence-electron chi connectivity index (χ4n) is 4.25. The van der Waals surface area contributed by atoms with Gasteiger partial charge in [-0.25, -0.2) is 4.98 Å². The van der Waals surface area contributed by atoms with Gasteiger partial charge >= 0.3 is 0 Å². The maximum absolute atomic E-state index is 5.06. The molecule has 1 aliphatic heterocycles. The van der Waals surface area contributed by atoms with E-state index in [2.05, 4.69) is 83.1 Å². The Kier molecular flexibility index (Phi) is 3.66. The molecule has 0 amide bonds. The number of anilines is 1. The second-order valence-corrected chi connectivity index (χ2v) is 7.36. The maximum Gasteiger partial charge on any atom is 0.153 e. The zero-order valence-electron chi connectivity index (χ0n) is 15.1. The predicted molar refractivity (Wildman–Crippen MR) is 108 cm³/mol. The third kappa shape index (κ3) is 2.55. The summed E-state index contributed by atoms with van der Waals surface area (Å²) in [5.41, 5.74) is 6.19. The van der Waals surface area contributed by atoms with Gasteiger partial charge in [0.15, 0.2) is 5.82 Å². The number of hydrogen-bond donors (Lipinski definition) is 0. The topological polar surface area (TPSA) is 20.5 Å². The molecule has 3 heterocycles. The lowest BCUT2D eigenvalue weighted by atomic mass is 9.89. The average molecular weight is 341 g/mol. The van der Waals surface area contributed by atoms with Gasteiger partial charge in [-0.2, -0.15) is 0 Å². The van der Waals surface area contributed by atoms with Gasteiger partial charge in [0, 0.05) is 19.3 Å². The lowest BCUT2D eigenvalue weighted by molar-refractivity contribution is 0.503. The molecule has 0 radical (unpaired) electrons. The molecule has 0 spiro atoms. The van der Waals surface area contributed by atoms with Gasteiger partial charge in [0.1, 0.15) is 0 Å². The molecular formula is C23H23N3. The summed E-state index contributed by atoms with van der Waals surface area (Å²) in [4.78, 5) is 7.53. The Bertz CT molecular complexity index is 1060. The third-order valence-corrected chi connectivity index (χ3v) is 5.66. The Balaban J connectivity index is 1.50. The molecule has 0 bridgehead atoms. The van der Waals surface area contributed by atoms with Crippen LogP contribution < -0.4 is 4.90 Å². The van der Waals surface area contributed by atoms with Crippen molar-refractivity contribution in [1.29, 1.82) is 0 Å². The van der Waals surface area contributed by atoms with E-state index in [-0.39, 0.29) is 0 Å². The molecule has 130 valence electrons. The predicted octanol–water partition coefficient (Wildman–Crippen LogP) is 5.18. The molecule has 1 saturated heterocycles. The van der Waals surface area contributed by atoms with Gasteiger partial charge in [-0.05, 0) is 61.1 Å². The minimum atomic E-state index is 0.665. The Morgan fingerprint density at radius 3 is 2.50 bits per heavy atom. The summed E-state index contributed by atoms with van der Waals surface area (Å²) < 4.78 is 2.28. The summed E-state index contributed by atoms with van der Waals surface area (Å²) in [5.74, 6) is 1.79. The summed E-state index contributed by atoms with van der Waals surface area (Å²) in [6.07, 6.45) is 4.52. The highest BCUT2D eigenvalue weighted by Crippen LogP contribution is 2.32. The highest BCUT2D eigenvalue weighted by Gasteiger charge is 2.23. The molecule has 0 N–H and O–H groups in total. The number of benzene rings is 2. The number of fused-ring (bicyclic) bond motifs is 3. The fraction of sp³-hybridized carbons (Fsp3) is 0.261. The van der Waals surface area contributed by atoms with Crippen LogP contribution in [0.5, 0.6) is 0 Å². The first-order chi connectivity index (χ1) is 12.8. The van der Waals surface area contributed by atoms with Gasteiger partial charge in [-0.3, -0.25) is 0 Å². The fourth-order valence-corrected chi connectivity index (χ4v) is 4.25. The lowest BCUT2D eigenvalue weighted by Gasteiger charge is -2.33. The van der Waals surface area contributed by atoms with Crippen LogP contribution in [-0.2, 0) is 0 Å². The zero-order valence-corrected chi connectivity index (χ0v) is 15.1. The lowest BCUT2D eigenvalue weighted by Crippen LogP contribution is -2.33. The van der Waals surface area contributed by atoms with E-state index in [0.717, 1.165) is 24.4 Å². The minimum Gasteiger partial charge on any atom is -0.355 e. The second kappa shape index (κ2) is 6.17. The van der Waals surface area contributed by atoms with Crippen LogP contribution in [0.15, 0.2) is 66.9 Å². The number of piperidine rings is 1. The van der Waals surface area contributed by atoms with Crippen molar-refractivity contribution in [1.82, 2.24) is 9.38 Å². The highest BCUT2D eigenvalue weighted by atomic mass is 15.2. The molecule has 2 aromatic carbocycles. The van der Waals surface area contributed by atoms with E-state index < -0.39 is 0 Å². The molecule has 3 nitrogen and oxygen atoms in total. The smallest absolute Gasteiger partial charge is 0.153 e. The van der Waals surface area contributed by atoms with Crippen molar-refractivity contribution in [2.75, 3.05) is 18.0 Å². The summed E-state index contributed by atoms with van der Waals surface area (Å²) in [5, 5.41) is 0. The molecule has 3 heteroatoms. The number of hydrogen-bond acceptors (Lipinski definition) is 2. The van der Waals surface area contributed by atoms with E-state index in [1.54, 1.807) is 0 Å². The van der Waals surface area contributed by atoms with Crippen molar-refractivity contribution in [2.45, 2.75) is 25.7 Å². The highest BCUT2D eigenvalue weighted by molar-refractivity contribution is 5.85. The Hall–Kier alpha value is -2.81. The van der Waals surface area contributed by atoms with Crippen molar-refractivity contribution in [2.24, 2.45) is 0 Å². The minimum absolute atomic E-state index is 0.665. The normalized spacial score (nSPS) is 15.8. The van der Waals surface area contributed by atoms with Gasteiger partial charge < -0.3 is 9.30 Å². The number of aromatic nitrogens is 2. The van der Waals surface area contributed by atoms with Crippen molar-refractivity contribution < 1.29 is 0 Å². The maximum atomic E-state index is 5.06. The first kappa shape index (κ1) is 15.4. The van der Waals surface area contributed by atoms with Crippen LogP contribution in [-0.4, -0.2) is 22.5 Å². The van der Waals surface area contributed by atoms with Crippen LogP contribution in [0.3, 0.4) is 0 Å². The van der Waals surface area contributed by atoms with Gasteiger partial charge in [-0.1, -0.05) is 36.4 Å². The Labute approximate surface area is 153 Å². The summed E-state index contributed by atoms with van der Waals surface area (Å²) in [6, 6.07) is 21.8. The van der Waals surface area contributed by atoms with Gasteiger partial charge in [0.05, 0.1) is 16.6 Å². The zero-order chi connectivity index (χ0) is 17.5. The molecule has 0 saturated carbocycles. The molecule has 5 rings (SSSR count). The van der Waals surface area contributed by atoms with E-state index in [0.29, 0.717) is 5.92 Å². The molecule has 0 atom stereocenters. The molecule has 0 unspecified atom stereocenters. The van der Waals surface area contributed by atoms with Crippen LogP contribution in [0.2, 0.25) is 0 Å². The van der Waals surface area contributed by atoms with Gasteiger partial charge in [-0.15, -0.1) is 0 Å². The summed E-state index contributed by atoms with van der Waals surface area (Å²) in [7, 11) is 0. The van der Waals surface area contributed by atoms with Crippen LogP contribution >= 0.6 is 0 Å². The van der Waals surface area contributed by atoms with Gasteiger partial charge in [0.2, 0.25) is 0 Å². The second-order valence-electron chi connectivity index (χ2n) is 7.36.